The summed E-state index contributed by atoms with van der Waals surface area (Å²) in [5, 5.41) is 7.14. The quantitative estimate of drug-likeness (QED) is 0.740. The van der Waals surface area contributed by atoms with Gasteiger partial charge in [-0.25, -0.2) is 13.1 Å². The van der Waals surface area contributed by atoms with E-state index in [1.165, 1.54) is 25.3 Å². The molecule has 2 N–H and O–H groups in total. The van der Waals surface area contributed by atoms with Gasteiger partial charge in [0.15, 0.2) is 0 Å². The first-order valence-corrected chi connectivity index (χ1v) is 8.78. The van der Waals surface area contributed by atoms with Gasteiger partial charge in [0.05, 0.1) is 16.1 Å². The number of rotatable bonds is 7. The van der Waals surface area contributed by atoms with Crippen LogP contribution in [0.3, 0.4) is 0 Å². The maximum atomic E-state index is 12.1. The van der Waals surface area contributed by atoms with Crippen molar-refractivity contribution in [1.82, 2.24) is 14.5 Å². The summed E-state index contributed by atoms with van der Waals surface area (Å²) >= 11 is 5.75. The second-order valence-electron chi connectivity index (χ2n) is 4.88. The molecular formula is C14H17ClN4O3S. The van der Waals surface area contributed by atoms with Crippen molar-refractivity contribution in [2.75, 3.05) is 11.9 Å². The average molecular weight is 357 g/mol. The highest BCUT2D eigenvalue weighted by Crippen LogP contribution is 2.14. The highest BCUT2D eigenvalue weighted by Gasteiger charge is 2.13. The number of sulfonamides is 1. The maximum absolute atomic E-state index is 12.1. The molecule has 0 fully saturated rings. The molecule has 124 valence electrons. The molecule has 0 aliphatic carbocycles. The zero-order valence-electron chi connectivity index (χ0n) is 12.5. The van der Waals surface area contributed by atoms with Crippen molar-refractivity contribution in [3.05, 3.63) is 41.7 Å². The van der Waals surface area contributed by atoms with Crippen molar-refractivity contribution in [2.24, 2.45) is 0 Å². The lowest BCUT2D eigenvalue weighted by atomic mass is 10.3. The SMILES string of the molecule is CC(=O)Nc1ccc(S(=O)(=O)NCCCn2cc(Cl)cn2)cc1. The molecule has 0 unspecified atom stereocenters. The molecule has 1 heterocycles. The molecule has 23 heavy (non-hydrogen) atoms. The topological polar surface area (TPSA) is 93.1 Å². The lowest BCUT2D eigenvalue weighted by Gasteiger charge is -2.08. The molecule has 0 spiro atoms. The van der Waals surface area contributed by atoms with Crippen LogP contribution in [0.4, 0.5) is 5.69 Å². The summed E-state index contributed by atoms with van der Waals surface area (Å²) in [6.45, 7) is 2.24. The highest BCUT2D eigenvalue weighted by molar-refractivity contribution is 7.89. The van der Waals surface area contributed by atoms with Gasteiger partial charge in [-0.3, -0.25) is 9.48 Å². The molecule has 7 nitrogen and oxygen atoms in total. The number of hydrogen-bond donors (Lipinski definition) is 2. The van der Waals surface area contributed by atoms with Gasteiger partial charge < -0.3 is 5.32 Å². The summed E-state index contributed by atoms with van der Waals surface area (Å²) in [6.07, 6.45) is 3.79. The van der Waals surface area contributed by atoms with Crippen LogP contribution >= 0.6 is 11.6 Å². The van der Waals surface area contributed by atoms with E-state index < -0.39 is 10.0 Å². The molecule has 0 aliphatic rings. The Morgan fingerprint density at radius 1 is 1.30 bits per heavy atom. The smallest absolute Gasteiger partial charge is 0.240 e. The van der Waals surface area contributed by atoms with E-state index in [4.69, 9.17) is 11.6 Å². The van der Waals surface area contributed by atoms with E-state index in [1.54, 1.807) is 23.0 Å². The summed E-state index contributed by atoms with van der Waals surface area (Å²) in [4.78, 5) is 11.1. The maximum Gasteiger partial charge on any atom is 0.240 e. The Hall–Kier alpha value is -1.90. The Morgan fingerprint density at radius 3 is 2.57 bits per heavy atom. The van der Waals surface area contributed by atoms with Crippen LogP contribution in [0.15, 0.2) is 41.6 Å². The van der Waals surface area contributed by atoms with Crippen molar-refractivity contribution in [3.63, 3.8) is 0 Å². The van der Waals surface area contributed by atoms with Crippen molar-refractivity contribution >= 4 is 33.2 Å². The van der Waals surface area contributed by atoms with Crippen LogP contribution in [0.5, 0.6) is 0 Å². The van der Waals surface area contributed by atoms with Gasteiger partial charge in [-0.05, 0) is 30.7 Å². The number of nitrogens with one attached hydrogen (secondary N) is 2. The van der Waals surface area contributed by atoms with Crippen molar-refractivity contribution in [1.29, 1.82) is 0 Å². The third-order valence-electron chi connectivity index (χ3n) is 2.94. The number of carbonyl (C=O) groups excluding carboxylic acids is 1. The number of anilines is 1. The summed E-state index contributed by atoms with van der Waals surface area (Å²) in [6, 6.07) is 5.98. The molecule has 9 heteroatoms. The minimum Gasteiger partial charge on any atom is -0.326 e. The van der Waals surface area contributed by atoms with Gasteiger partial charge >= 0.3 is 0 Å². The van der Waals surface area contributed by atoms with Gasteiger partial charge in [0.2, 0.25) is 15.9 Å². The van der Waals surface area contributed by atoms with Gasteiger partial charge in [-0.2, -0.15) is 5.10 Å². The Kier molecular flexibility index (Phi) is 5.75. The number of carbonyl (C=O) groups is 1. The van der Waals surface area contributed by atoms with Gasteiger partial charge in [0.25, 0.3) is 0 Å². The number of hydrogen-bond acceptors (Lipinski definition) is 4. The zero-order chi connectivity index (χ0) is 16.9. The van der Waals surface area contributed by atoms with Crippen LogP contribution in [0, 0.1) is 0 Å². The monoisotopic (exact) mass is 356 g/mol. The minimum atomic E-state index is -3.57. The number of benzene rings is 1. The van der Waals surface area contributed by atoms with Gasteiger partial charge in [0.1, 0.15) is 0 Å². The number of aromatic nitrogens is 2. The Bertz CT molecular complexity index is 772. The van der Waals surface area contributed by atoms with E-state index in [-0.39, 0.29) is 17.3 Å². The molecule has 1 aromatic carbocycles. The highest BCUT2D eigenvalue weighted by atomic mass is 35.5. The molecule has 2 aromatic rings. The molecule has 0 saturated carbocycles. The molecule has 0 bridgehead atoms. The largest absolute Gasteiger partial charge is 0.326 e. The fourth-order valence-electron chi connectivity index (χ4n) is 1.91. The fourth-order valence-corrected chi connectivity index (χ4v) is 3.14. The van der Waals surface area contributed by atoms with Crippen molar-refractivity contribution in [2.45, 2.75) is 24.8 Å². The molecular weight excluding hydrogens is 340 g/mol. The lowest BCUT2D eigenvalue weighted by molar-refractivity contribution is -0.114. The Morgan fingerprint density at radius 2 is 2.00 bits per heavy atom. The van der Waals surface area contributed by atoms with Crippen LogP contribution in [-0.2, 0) is 21.4 Å². The number of nitrogens with zero attached hydrogens (tertiary/aromatic N) is 2. The van der Waals surface area contributed by atoms with Gasteiger partial charge in [-0.15, -0.1) is 0 Å². The van der Waals surface area contributed by atoms with E-state index in [9.17, 15) is 13.2 Å². The normalized spacial score (nSPS) is 11.4. The van der Waals surface area contributed by atoms with Crippen molar-refractivity contribution < 1.29 is 13.2 Å². The molecule has 1 amide bonds. The first kappa shape index (κ1) is 17.5. The number of aryl methyl sites for hydroxylation is 1. The third kappa shape index (κ3) is 5.34. The molecule has 1 aromatic heterocycles. The van der Waals surface area contributed by atoms with E-state index in [1.807, 2.05) is 0 Å². The minimum absolute atomic E-state index is 0.147. The molecule has 0 aliphatic heterocycles. The predicted molar refractivity (Wildman–Crippen MR) is 87.8 cm³/mol. The summed E-state index contributed by atoms with van der Waals surface area (Å²) < 4.78 is 28.5. The standard InChI is InChI=1S/C14H17ClN4O3S/c1-11(20)18-13-3-5-14(6-4-13)23(21,22)17-7-2-8-19-10-12(15)9-16-19/h3-6,9-10,17H,2,7-8H2,1H3,(H,18,20). The van der Waals surface area contributed by atoms with Crippen molar-refractivity contribution in [3.8, 4) is 0 Å². The lowest BCUT2D eigenvalue weighted by Crippen LogP contribution is -2.25. The molecule has 0 atom stereocenters. The molecule has 2 rings (SSSR count). The van der Waals surface area contributed by atoms with Crippen LogP contribution in [-0.4, -0.2) is 30.7 Å². The van der Waals surface area contributed by atoms with Gasteiger partial charge in [0, 0.05) is 31.9 Å². The average Bonchev–Trinajstić information content (AvgIpc) is 2.89. The zero-order valence-corrected chi connectivity index (χ0v) is 14.1. The van der Waals surface area contributed by atoms with Crippen LogP contribution in [0.1, 0.15) is 13.3 Å². The van der Waals surface area contributed by atoms with Crippen LogP contribution in [0.2, 0.25) is 5.02 Å². The third-order valence-corrected chi connectivity index (χ3v) is 4.61. The second kappa shape index (κ2) is 7.58. The van der Waals surface area contributed by atoms with E-state index >= 15 is 0 Å². The first-order chi connectivity index (χ1) is 10.9. The number of halogens is 1. The summed E-state index contributed by atoms with van der Waals surface area (Å²) in [5.41, 5.74) is 0.548. The summed E-state index contributed by atoms with van der Waals surface area (Å²) in [7, 11) is -3.57. The van der Waals surface area contributed by atoms with Gasteiger partial charge in [-0.1, -0.05) is 11.6 Å². The Balaban J connectivity index is 1.87. The fraction of sp³-hybridized carbons (Fsp3) is 0.286. The molecule has 0 saturated heterocycles. The van der Waals surface area contributed by atoms with E-state index in [0.717, 1.165) is 0 Å². The second-order valence-corrected chi connectivity index (χ2v) is 7.08. The van der Waals surface area contributed by atoms with E-state index in [2.05, 4.69) is 15.1 Å². The number of amides is 1. The first-order valence-electron chi connectivity index (χ1n) is 6.92. The van der Waals surface area contributed by atoms with E-state index in [0.29, 0.717) is 23.7 Å². The van der Waals surface area contributed by atoms with Crippen LogP contribution in [0.25, 0.3) is 0 Å². The predicted octanol–water partition coefficient (Wildman–Crippen LogP) is 1.86. The Labute approximate surface area is 139 Å². The summed E-state index contributed by atoms with van der Waals surface area (Å²) in [5.74, 6) is -0.211. The van der Waals surface area contributed by atoms with Crippen LogP contribution < -0.4 is 10.0 Å². The molecule has 0 radical (unpaired) electrons.